The number of nitrogens with zero attached hydrogens (tertiary/aromatic N) is 7. The fourth-order valence-electron chi connectivity index (χ4n) is 10.3. The Kier molecular flexibility index (Phi) is 13.2. The molecule has 19 heteroatoms. The van der Waals surface area contributed by atoms with Crippen molar-refractivity contribution in [2.75, 3.05) is 32.1 Å². The fraction of sp³-hybridized carbons (Fsp3) is 0.609. The summed E-state index contributed by atoms with van der Waals surface area (Å²) in [6, 6.07) is 5.44. The van der Waals surface area contributed by atoms with Crippen LogP contribution in [0.15, 0.2) is 35.0 Å². The Hall–Kier alpha value is -5.30. The molecule has 0 saturated carbocycles. The highest BCUT2D eigenvalue weighted by Gasteiger charge is 2.57. The largest absolute Gasteiger partial charge is 0.465 e. The van der Waals surface area contributed by atoms with E-state index in [1.54, 1.807) is 41.5 Å². The second kappa shape index (κ2) is 17.5. The van der Waals surface area contributed by atoms with Crippen molar-refractivity contribution in [1.82, 2.24) is 29.6 Å². The van der Waals surface area contributed by atoms with Gasteiger partial charge < -0.3 is 36.4 Å². The summed E-state index contributed by atoms with van der Waals surface area (Å²) in [6.07, 6.45) is 0.0714. The average molecular weight is 936 g/mol. The van der Waals surface area contributed by atoms with E-state index in [0.29, 0.717) is 47.1 Å². The van der Waals surface area contributed by atoms with Crippen molar-refractivity contribution < 1.29 is 39.0 Å². The molecule has 2 aromatic heterocycles. The SMILES string of the molecule is CN(C(=O)O)[C@H](C(=O)N1CCC[C@]1(C(N)=O)c1nc([C@@H]2CC[C@@H](c3csc([C@@]4(C(N)=O)CCCN4C(=O)[C@@H](N(C)C(=O)O)C(C)(C)C)n3)N2c2ccc(C(C)(C)C)cc2)cs1)C(C)(C)C. The zero-order valence-electron chi connectivity index (χ0n) is 39.4. The van der Waals surface area contributed by atoms with E-state index in [2.05, 4.69) is 49.9 Å². The standard InChI is InChI=1S/C46H65N9O8S2/c1-42(2,3)26-14-16-27(17-15-26)55-30(28-24-64-38(49-28)45(36(47)58)20-12-22-53(45)34(56)32(43(4,5)6)51(10)40(60)61)18-19-31(55)29-25-65-39(50-29)46(37(48)59)21-13-23-54(46)35(57)33(44(7,8)9)52(11)41(62)63/h14-17,24-25,30-33H,12-13,18-23H2,1-11H3,(H2,47,58)(H2,48,59)(H,60,61)(H,62,63)/t30-,31-,32+,33+,45-,46-/m0/s1. The number of likely N-dealkylation sites (tertiary alicyclic amines) is 2. The van der Waals surface area contributed by atoms with E-state index in [4.69, 9.17) is 21.4 Å². The van der Waals surface area contributed by atoms with E-state index < -0.39 is 69.8 Å². The van der Waals surface area contributed by atoms with E-state index in [1.807, 2.05) is 10.8 Å². The molecule has 0 radical (unpaired) electrons. The third-order valence-corrected chi connectivity index (χ3v) is 15.5. The number of likely N-dealkylation sites (N-methyl/N-ethyl adjacent to an activating group) is 2. The number of carboxylic acid groups (broad SMARTS) is 2. The third-order valence-electron chi connectivity index (χ3n) is 13.4. The van der Waals surface area contributed by atoms with Crippen LogP contribution in [0.25, 0.3) is 0 Å². The number of carbonyl (C=O) groups is 6. The number of rotatable bonds is 11. The number of aromatic nitrogens is 2. The van der Waals surface area contributed by atoms with Crippen LogP contribution in [0.3, 0.4) is 0 Å². The van der Waals surface area contributed by atoms with Crippen LogP contribution in [0.4, 0.5) is 15.3 Å². The van der Waals surface area contributed by atoms with Gasteiger partial charge in [-0.15, -0.1) is 22.7 Å². The molecule has 0 aliphatic carbocycles. The van der Waals surface area contributed by atoms with Gasteiger partial charge in [-0.05, 0) is 72.5 Å². The molecule has 6 rings (SSSR count). The maximum atomic E-state index is 14.5. The average Bonchev–Trinajstić information content (AvgIpc) is 4.04. The molecule has 3 aromatic rings. The first-order valence-electron chi connectivity index (χ1n) is 22.1. The molecule has 3 fully saturated rings. The van der Waals surface area contributed by atoms with Gasteiger partial charge in [-0.2, -0.15) is 0 Å². The number of amides is 6. The Morgan fingerprint density at radius 2 is 1.05 bits per heavy atom. The lowest BCUT2D eigenvalue weighted by Gasteiger charge is -2.42. The summed E-state index contributed by atoms with van der Waals surface area (Å²) in [7, 11) is 2.70. The molecule has 1 aromatic carbocycles. The minimum atomic E-state index is -1.59. The molecule has 3 aliphatic rings. The van der Waals surface area contributed by atoms with Gasteiger partial charge in [-0.25, -0.2) is 19.6 Å². The minimum absolute atomic E-state index is 0.117. The van der Waals surface area contributed by atoms with Crippen LogP contribution in [0.5, 0.6) is 0 Å². The predicted molar refractivity (Wildman–Crippen MR) is 248 cm³/mol. The molecule has 5 heterocycles. The van der Waals surface area contributed by atoms with Gasteiger partial charge in [0.2, 0.25) is 11.8 Å². The molecule has 6 amide bonds. The topological polar surface area (TPSA) is 237 Å². The maximum Gasteiger partial charge on any atom is 0.407 e. The predicted octanol–water partition coefficient (Wildman–Crippen LogP) is 6.63. The van der Waals surface area contributed by atoms with Crippen molar-refractivity contribution in [2.45, 2.75) is 141 Å². The summed E-state index contributed by atoms with van der Waals surface area (Å²) in [5, 5.41) is 24.4. The van der Waals surface area contributed by atoms with Crippen molar-refractivity contribution in [2.24, 2.45) is 22.3 Å². The quantitative estimate of drug-likeness (QED) is 0.159. The van der Waals surface area contributed by atoms with Crippen molar-refractivity contribution in [3.8, 4) is 0 Å². The molecule has 6 N–H and O–H groups in total. The van der Waals surface area contributed by atoms with E-state index >= 15 is 0 Å². The Labute approximate surface area is 389 Å². The molecule has 3 aliphatic heterocycles. The second-order valence-electron chi connectivity index (χ2n) is 20.9. The van der Waals surface area contributed by atoms with Crippen LogP contribution < -0.4 is 16.4 Å². The Balaban J connectivity index is 1.41. The summed E-state index contributed by atoms with van der Waals surface area (Å²) in [4.78, 5) is 98.2. The highest BCUT2D eigenvalue weighted by Crippen LogP contribution is 2.51. The van der Waals surface area contributed by atoms with Gasteiger partial charge in [0.15, 0.2) is 11.1 Å². The van der Waals surface area contributed by atoms with E-state index in [0.717, 1.165) is 21.1 Å². The molecule has 3 saturated heterocycles. The van der Waals surface area contributed by atoms with E-state index in [1.165, 1.54) is 46.6 Å². The minimum Gasteiger partial charge on any atom is -0.465 e. The van der Waals surface area contributed by atoms with Crippen LogP contribution in [0.2, 0.25) is 0 Å². The number of hydrogen-bond donors (Lipinski definition) is 4. The Bertz CT molecular complexity index is 2200. The van der Waals surface area contributed by atoms with Gasteiger partial charge in [0.1, 0.15) is 22.1 Å². The number of anilines is 1. The number of nitrogens with two attached hydrogens (primary N) is 2. The zero-order valence-corrected chi connectivity index (χ0v) is 41.0. The third kappa shape index (κ3) is 8.65. The smallest absolute Gasteiger partial charge is 0.407 e. The van der Waals surface area contributed by atoms with Gasteiger partial charge in [0.05, 0.1) is 23.5 Å². The maximum absolute atomic E-state index is 14.5. The number of primary amides is 2. The van der Waals surface area contributed by atoms with Gasteiger partial charge in [0, 0.05) is 43.6 Å². The normalized spacial score (nSPS) is 23.6. The van der Waals surface area contributed by atoms with Gasteiger partial charge in [-0.1, -0.05) is 74.4 Å². The Morgan fingerprint density at radius 3 is 1.35 bits per heavy atom. The van der Waals surface area contributed by atoms with Crippen LogP contribution in [0.1, 0.15) is 140 Å². The second-order valence-corrected chi connectivity index (χ2v) is 22.6. The molecule has 6 atom stereocenters. The molecule has 354 valence electrons. The van der Waals surface area contributed by atoms with Crippen molar-refractivity contribution in [3.05, 3.63) is 62.0 Å². The number of hydrogen-bond acceptors (Lipinski definition) is 11. The van der Waals surface area contributed by atoms with E-state index in [-0.39, 0.29) is 43.4 Å². The highest BCUT2D eigenvalue weighted by atomic mass is 32.1. The van der Waals surface area contributed by atoms with Gasteiger partial charge in [-0.3, -0.25) is 29.0 Å². The lowest BCUT2D eigenvalue weighted by atomic mass is 9.84. The van der Waals surface area contributed by atoms with Gasteiger partial charge >= 0.3 is 12.2 Å². The lowest BCUT2D eigenvalue weighted by molar-refractivity contribution is -0.150. The van der Waals surface area contributed by atoms with Crippen molar-refractivity contribution in [3.63, 3.8) is 0 Å². The molecular weight excluding hydrogens is 871 g/mol. The Morgan fingerprint density at radius 1 is 0.677 bits per heavy atom. The van der Waals surface area contributed by atoms with Crippen molar-refractivity contribution >= 4 is 64.2 Å². The number of benzene rings is 1. The molecule has 0 spiro atoms. The van der Waals surface area contributed by atoms with Gasteiger partial charge in [0.25, 0.3) is 11.8 Å². The summed E-state index contributed by atoms with van der Waals surface area (Å²) in [5.41, 5.74) is 10.9. The lowest BCUT2D eigenvalue weighted by Crippen LogP contribution is -2.61. The first-order valence-corrected chi connectivity index (χ1v) is 23.8. The summed E-state index contributed by atoms with van der Waals surface area (Å²) < 4.78 is 0. The molecular formula is C46H65N9O8S2. The number of carbonyl (C=O) groups excluding carboxylic acids is 4. The molecule has 0 bridgehead atoms. The molecule has 0 unspecified atom stereocenters. The number of thiazole rings is 2. The fourth-order valence-corrected chi connectivity index (χ4v) is 12.5. The van der Waals surface area contributed by atoms with Crippen LogP contribution >= 0.6 is 22.7 Å². The van der Waals surface area contributed by atoms with E-state index in [9.17, 15) is 39.0 Å². The zero-order chi connectivity index (χ0) is 48.4. The van der Waals surface area contributed by atoms with Crippen molar-refractivity contribution in [1.29, 1.82) is 0 Å². The summed E-state index contributed by atoms with van der Waals surface area (Å²) in [6.45, 7) is 17.5. The first-order chi connectivity index (χ1) is 30.1. The highest BCUT2D eigenvalue weighted by molar-refractivity contribution is 7.10. The first kappa shape index (κ1) is 49.1. The summed E-state index contributed by atoms with van der Waals surface area (Å²) >= 11 is 2.49. The van der Waals surface area contributed by atoms with Crippen LogP contribution in [-0.2, 0) is 35.7 Å². The van der Waals surface area contributed by atoms with Crippen LogP contribution in [0, 0.1) is 10.8 Å². The molecule has 65 heavy (non-hydrogen) atoms. The molecule has 17 nitrogen and oxygen atoms in total. The summed E-state index contributed by atoms with van der Waals surface area (Å²) in [5.74, 6) is -2.52. The monoisotopic (exact) mass is 935 g/mol. The van der Waals surface area contributed by atoms with Crippen LogP contribution in [-0.4, -0.2) is 115 Å².